The Balaban J connectivity index is 1.97. The van der Waals surface area contributed by atoms with Gasteiger partial charge in [-0.1, -0.05) is 42.5 Å². The third-order valence-electron chi connectivity index (χ3n) is 2.63. The lowest BCUT2D eigenvalue weighted by Crippen LogP contribution is -2.06. The van der Waals surface area contributed by atoms with E-state index in [0.29, 0.717) is 6.61 Å². The Morgan fingerprint density at radius 1 is 1.06 bits per heavy atom. The third kappa shape index (κ3) is 3.09. The standard InChI is InChI=1S/C15H14N2O/c16-10-15(17)13-6-8-14(9-7-13)18-11-12-4-2-1-3-5-12/h1-9,15H,11,17H2. The van der Waals surface area contributed by atoms with Gasteiger partial charge in [0.15, 0.2) is 0 Å². The van der Waals surface area contributed by atoms with Gasteiger partial charge in [-0.25, -0.2) is 0 Å². The van der Waals surface area contributed by atoms with Crippen LogP contribution in [0.1, 0.15) is 17.2 Å². The molecular formula is C15H14N2O. The van der Waals surface area contributed by atoms with Crippen molar-refractivity contribution in [3.63, 3.8) is 0 Å². The van der Waals surface area contributed by atoms with Crippen LogP contribution in [-0.2, 0) is 6.61 Å². The molecule has 90 valence electrons. The van der Waals surface area contributed by atoms with Gasteiger partial charge in [-0.3, -0.25) is 0 Å². The van der Waals surface area contributed by atoms with Crippen molar-refractivity contribution in [1.29, 1.82) is 5.26 Å². The molecular weight excluding hydrogens is 224 g/mol. The Labute approximate surface area is 106 Å². The maximum absolute atomic E-state index is 8.70. The first-order valence-electron chi connectivity index (χ1n) is 5.71. The predicted octanol–water partition coefficient (Wildman–Crippen LogP) is 2.79. The van der Waals surface area contributed by atoms with Crippen LogP contribution in [0.15, 0.2) is 54.6 Å². The number of nitrogens with zero attached hydrogens (tertiary/aromatic N) is 1. The molecule has 0 heterocycles. The van der Waals surface area contributed by atoms with Gasteiger partial charge in [0.1, 0.15) is 18.4 Å². The van der Waals surface area contributed by atoms with E-state index in [2.05, 4.69) is 0 Å². The lowest BCUT2D eigenvalue weighted by atomic mass is 10.1. The van der Waals surface area contributed by atoms with Crippen molar-refractivity contribution >= 4 is 0 Å². The van der Waals surface area contributed by atoms with Gasteiger partial charge in [0.05, 0.1) is 6.07 Å². The predicted molar refractivity (Wildman–Crippen MR) is 69.8 cm³/mol. The van der Waals surface area contributed by atoms with Crippen LogP contribution in [0.3, 0.4) is 0 Å². The Morgan fingerprint density at radius 2 is 1.72 bits per heavy atom. The quantitative estimate of drug-likeness (QED) is 0.891. The number of benzene rings is 2. The minimum atomic E-state index is -0.576. The van der Waals surface area contributed by atoms with Crippen molar-refractivity contribution in [2.45, 2.75) is 12.6 Å². The highest BCUT2D eigenvalue weighted by molar-refractivity contribution is 5.31. The molecule has 0 aliphatic heterocycles. The van der Waals surface area contributed by atoms with Crippen molar-refractivity contribution < 1.29 is 4.74 Å². The normalized spacial score (nSPS) is 11.6. The van der Waals surface area contributed by atoms with Crippen LogP contribution in [0.4, 0.5) is 0 Å². The molecule has 0 aliphatic rings. The summed E-state index contributed by atoms with van der Waals surface area (Å²) in [7, 11) is 0. The second-order valence-corrected chi connectivity index (χ2v) is 3.95. The van der Waals surface area contributed by atoms with Gasteiger partial charge in [0.25, 0.3) is 0 Å². The van der Waals surface area contributed by atoms with Crippen LogP contribution in [0, 0.1) is 11.3 Å². The molecule has 2 N–H and O–H groups in total. The maximum Gasteiger partial charge on any atom is 0.119 e. The average Bonchev–Trinajstić information content (AvgIpc) is 2.46. The third-order valence-corrected chi connectivity index (χ3v) is 2.63. The molecule has 0 radical (unpaired) electrons. The highest BCUT2D eigenvalue weighted by Gasteiger charge is 2.03. The molecule has 0 saturated carbocycles. The molecule has 18 heavy (non-hydrogen) atoms. The molecule has 0 saturated heterocycles. The van der Waals surface area contributed by atoms with Gasteiger partial charge in [-0.05, 0) is 23.3 Å². The number of rotatable bonds is 4. The Bertz CT molecular complexity index is 529. The molecule has 0 amide bonds. The fourth-order valence-corrected chi connectivity index (χ4v) is 1.59. The summed E-state index contributed by atoms with van der Waals surface area (Å²) in [4.78, 5) is 0. The van der Waals surface area contributed by atoms with Gasteiger partial charge < -0.3 is 10.5 Å². The zero-order valence-electron chi connectivity index (χ0n) is 9.91. The highest BCUT2D eigenvalue weighted by Crippen LogP contribution is 2.17. The summed E-state index contributed by atoms with van der Waals surface area (Å²) >= 11 is 0. The van der Waals surface area contributed by atoms with Gasteiger partial charge in [0, 0.05) is 0 Å². The van der Waals surface area contributed by atoms with E-state index >= 15 is 0 Å². The molecule has 0 fully saturated rings. The minimum absolute atomic E-state index is 0.532. The van der Waals surface area contributed by atoms with Crippen LogP contribution in [0.5, 0.6) is 5.75 Å². The van der Waals surface area contributed by atoms with Crippen molar-refractivity contribution in [1.82, 2.24) is 0 Å². The van der Waals surface area contributed by atoms with Gasteiger partial charge in [-0.15, -0.1) is 0 Å². The molecule has 2 rings (SSSR count). The second kappa shape index (κ2) is 5.85. The lowest BCUT2D eigenvalue weighted by Gasteiger charge is -2.08. The first kappa shape index (κ1) is 12.2. The SMILES string of the molecule is N#CC(N)c1ccc(OCc2ccccc2)cc1. The number of hydrogen-bond acceptors (Lipinski definition) is 3. The smallest absolute Gasteiger partial charge is 0.119 e. The van der Waals surface area contributed by atoms with E-state index in [4.69, 9.17) is 15.7 Å². The topological polar surface area (TPSA) is 59.0 Å². The summed E-state index contributed by atoms with van der Waals surface area (Å²) in [6.45, 7) is 0.532. The van der Waals surface area contributed by atoms with Crippen molar-refractivity contribution in [3.05, 3.63) is 65.7 Å². The van der Waals surface area contributed by atoms with Crippen LogP contribution in [0.25, 0.3) is 0 Å². The fraction of sp³-hybridized carbons (Fsp3) is 0.133. The van der Waals surface area contributed by atoms with E-state index in [1.165, 1.54) is 0 Å². The molecule has 1 unspecified atom stereocenters. The van der Waals surface area contributed by atoms with E-state index < -0.39 is 6.04 Å². The van der Waals surface area contributed by atoms with Crippen molar-refractivity contribution in [2.75, 3.05) is 0 Å². The first-order valence-corrected chi connectivity index (χ1v) is 5.71. The van der Waals surface area contributed by atoms with E-state index in [-0.39, 0.29) is 0 Å². The molecule has 0 spiro atoms. The maximum atomic E-state index is 8.70. The van der Waals surface area contributed by atoms with Crippen LogP contribution >= 0.6 is 0 Å². The van der Waals surface area contributed by atoms with E-state index in [0.717, 1.165) is 16.9 Å². The molecule has 3 heteroatoms. The van der Waals surface area contributed by atoms with Crippen LogP contribution in [0.2, 0.25) is 0 Å². The summed E-state index contributed by atoms with van der Waals surface area (Å²) < 4.78 is 5.64. The minimum Gasteiger partial charge on any atom is -0.489 e. The van der Waals surface area contributed by atoms with Crippen LogP contribution < -0.4 is 10.5 Å². The first-order chi connectivity index (χ1) is 8.79. The number of hydrogen-bond donors (Lipinski definition) is 1. The molecule has 0 aliphatic carbocycles. The van der Waals surface area contributed by atoms with Crippen molar-refractivity contribution in [2.24, 2.45) is 5.73 Å². The zero-order valence-corrected chi connectivity index (χ0v) is 9.91. The van der Waals surface area contributed by atoms with E-state index in [1.54, 1.807) is 0 Å². The lowest BCUT2D eigenvalue weighted by molar-refractivity contribution is 0.306. The molecule has 2 aromatic rings. The Morgan fingerprint density at radius 3 is 2.33 bits per heavy atom. The number of nitrogens with two attached hydrogens (primary N) is 1. The van der Waals surface area contributed by atoms with Gasteiger partial charge >= 0.3 is 0 Å². The molecule has 3 nitrogen and oxygen atoms in total. The van der Waals surface area contributed by atoms with E-state index in [9.17, 15) is 0 Å². The van der Waals surface area contributed by atoms with E-state index in [1.807, 2.05) is 60.7 Å². The largest absolute Gasteiger partial charge is 0.489 e. The van der Waals surface area contributed by atoms with Gasteiger partial charge in [-0.2, -0.15) is 5.26 Å². The van der Waals surface area contributed by atoms with Gasteiger partial charge in [0.2, 0.25) is 0 Å². The summed E-state index contributed by atoms with van der Waals surface area (Å²) in [5, 5.41) is 8.70. The van der Waals surface area contributed by atoms with Crippen molar-refractivity contribution in [3.8, 4) is 11.8 Å². The fourth-order valence-electron chi connectivity index (χ4n) is 1.59. The summed E-state index contributed by atoms with van der Waals surface area (Å²) in [5.41, 5.74) is 7.52. The summed E-state index contributed by atoms with van der Waals surface area (Å²) in [6, 6.07) is 18.7. The molecule has 0 aromatic heterocycles. The highest BCUT2D eigenvalue weighted by atomic mass is 16.5. The zero-order chi connectivity index (χ0) is 12.8. The monoisotopic (exact) mass is 238 g/mol. The summed E-state index contributed by atoms with van der Waals surface area (Å²) in [5.74, 6) is 0.771. The second-order valence-electron chi connectivity index (χ2n) is 3.95. The Kier molecular flexibility index (Phi) is 3.95. The average molecular weight is 238 g/mol. The summed E-state index contributed by atoms with van der Waals surface area (Å²) in [6.07, 6.45) is 0. The molecule has 2 aromatic carbocycles. The number of ether oxygens (including phenoxy) is 1. The molecule has 0 bridgehead atoms. The number of nitriles is 1. The van der Waals surface area contributed by atoms with Crippen LogP contribution in [-0.4, -0.2) is 0 Å². The molecule has 1 atom stereocenters. The Hall–Kier alpha value is -2.31.